The Hall–Kier alpha value is -1.32. The Kier molecular flexibility index (Phi) is 5.83. The summed E-state index contributed by atoms with van der Waals surface area (Å²) < 4.78 is 6.61. The van der Waals surface area contributed by atoms with E-state index < -0.39 is 0 Å². The fraction of sp³-hybridized carbons (Fsp3) is 0.333. The minimum Gasteiger partial charge on any atom is -0.496 e. The molecule has 2 aromatic rings. The third-order valence-corrected chi connectivity index (χ3v) is 4.05. The second-order valence-corrected chi connectivity index (χ2v) is 6.10. The summed E-state index contributed by atoms with van der Waals surface area (Å²) in [5.41, 5.74) is 3.79. The molecule has 0 fully saturated rings. The molecule has 1 N–H and O–H groups in total. The lowest BCUT2D eigenvalue weighted by Gasteiger charge is -2.20. The largest absolute Gasteiger partial charge is 0.496 e. The number of hydrogen-bond acceptors (Lipinski definition) is 2. The van der Waals surface area contributed by atoms with Crippen molar-refractivity contribution in [2.24, 2.45) is 0 Å². The van der Waals surface area contributed by atoms with E-state index in [1.165, 1.54) is 16.7 Å². The number of ether oxygens (including phenoxy) is 1. The molecule has 0 bridgehead atoms. The molecule has 112 valence electrons. The first-order chi connectivity index (χ1) is 10.1. The number of rotatable bonds is 6. The molecule has 0 radical (unpaired) electrons. The lowest BCUT2D eigenvalue weighted by molar-refractivity contribution is 0.405. The Balaban J connectivity index is 2.30. The molecule has 0 amide bonds. The maximum atomic E-state index is 5.50. The monoisotopic (exact) mass is 347 g/mol. The molecule has 0 spiro atoms. The molecule has 2 nitrogen and oxygen atoms in total. The Labute approximate surface area is 135 Å². The molecular formula is C18H22BrNO. The minimum absolute atomic E-state index is 0.281. The van der Waals surface area contributed by atoms with Crippen LogP contribution in [0, 0.1) is 6.92 Å². The van der Waals surface area contributed by atoms with E-state index in [1.807, 2.05) is 0 Å². The van der Waals surface area contributed by atoms with Gasteiger partial charge < -0.3 is 10.1 Å². The second-order valence-electron chi connectivity index (χ2n) is 5.18. The number of methoxy groups -OCH3 is 1. The summed E-state index contributed by atoms with van der Waals surface area (Å²) >= 11 is 3.55. The van der Waals surface area contributed by atoms with E-state index in [2.05, 4.69) is 77.6 Å². The van der Waals surface area contributed by atoms with Crippen LogP contribution in [-0.4, -0.2) is 13.7 Å². The minimum atomic E-state index is 0.281. The summed E-state index contributed by atoms with van der Waals surface area (Å²) in [7, 11) is 1.73. The third kappa shape index (κ3) is 4.32. The van der Waals surface area contributed by atoms with Gasteiger partial charge in [-0.15, -0.1) is 0 Å². The van der Waals surface area contributed by atoms with Crippen molar-refractivity contribution in [2.75, 3.05) is 13.7 Å². The zero-order valence-corrected chi connectivity index (χ0v) is 14.4. The zero-order chi connectivity index (χ0) is 15.2. The van der Waals surface area contributed by atoms with E-state index in [1.54, 1.807) is 7.11 Å². The van der Waals surface area contributed by atoms with E-state index in [0.29, 0.717) is 0 Å². The van der Waals surface area contributed by atoms with Crippen LogP contribution < -0.4 is 10.1 Å². The highest BCUT2D eigenvalue weighted by molar-refractivity contribution is 9.10. The van der Waals surface area contributed by atoms with Gasteiger partial charge in [0, 0.05) is 10.5 Å². The van der Waals surface area contributed by atoms with Crippen LogP contribution in [0.5, 0.6) is 5.75 Å². The summed E-state index contributed by atoms with van der Waals surface area (Å²) in [6.45, 7) is 5.19. The van der Waals surface area contributed by atoms with Gasteiger partial charge in [-0.3, -0.25) is 0 Å². The number of aryl methyl sites for hydroxylation is 1. The standard InChI is InChI=1S/C18H22BrNO/c1-4-20-17(14-6-5-7-16(19)11-14)12-15-10-13(2)8-9-18(15)21-3/h5-11,17,20H,4,12H2,1-3H3. The van der Waals surface area contributed by atoms with Crippen LogP contribution in [0.4, 0.5) is 0 Å². The van der Waals surface area contributed by atoms with Crippen LogP contribution in [-0.2, 0) is 6.42 Å². The molecule has 0 aliphatic carbocycles. The van der Waals surface area contributed by atoms with E-state index in [0.717, 1.165) is 23.2 Å². The molecule has 0 aliphatic rings. The smallest absolute Gasteiger partial charge is 0.122 e. The maximum absolute atomic E-state index is 5.50. The maximum Gasteiger partial charge on any atom is 0.122 e. The van der Waals surface area contributed by atoms with E-state index in [9.17, 15) is 0 Å². The number of halogens is 1. The second kappa shape index (κ2) is 7.62. The molecule has 21 heavy (non-hydrogen) atoms. The number of hydrogen-bond donors (Lipinski definition) is 1. The van der Waals surface area contributed by atoms with Gasteiger partial charge >= 0.3 is 0 Å². The van der Waals surface area contributed by atoms with Gasteiger partial charge in [0.1, 0.15) is 5.75 Å². The van der Waals surface area contributed by atoms with Gasteiger partial charge in [0.2, 0.25) is 0 Å². The van der Waals surface area contributed by atoms with Crippen molar-refractivity contribution in [2.45, 2.75) is 26.3 Å². The number of benzene rings is 2. The van der Waals surface area contributed by atoms with Gasteiger partial charge in [-0.25, -0.2) is 0 Å². The zero-order valence-electron chi connectivity index (χ0n) is 12.8. The molecule has 3 heteroatoms. The topological polar surface area (TPSA) is 21.3 Å². The van der Waals surface area contributed by atoms with Crippen LogP contribution >= 0.6 is 15.9 Å². The normalized spacial score (nSPS) is 12.2. The van der Waals surface area contributed by atoms with E-state index in [-0.39, 0.29) is 6.04 Å². The molecular weight excluding hydrogens is 326 g/mol. The van der Waals surface area contributed by atoms with Crippen LogP contribution in [0.15, 0.2) is 46.9 Å². The third-order valence-electron chi connectivity index (χ3n) is 3.56. The van der Waals surface area contributed by atoms with Crippen molar-refractivity contribution < 1.29 is 4.74 Å². The van der Waals surface area contributed by atoms with Crippen molar-refractivity contribution >= 4 is 15.9 Å². The van der Waals surface area contributed by atoms with Crippen molar-refractivity contribution in [3.05, 3.63) is 63.6 Å². The first-order valence-corrected chi connectivity index (χ1v) is 8.05. The molecule has 2 rings (SSSR count). The fourth-order valence-corrected chi connectivity index (χ4v) is 2.98. The Morgan fingerprint density at radius 1 is 1.19 bits per heavy atom. The number of likely N-dealkylation sites (N-methyl/N-ethyl adjacent to an activating group) is 1. The lowest BCUT2D eigenvalue weighted by Crippen LogP contribution is -2.23. The quantitative estimate of drug-likeness (QED) is 0.820. The molecule has 0 heterocycles. The highest BCUT2D eigenvalue weighted by Crippen LogP contribution is 2.27. The first-order valence-electron chi connectivity index (χ1n) is 7.26. The van der Waals surface area contributed by atoms with Crippen molar-refractivity contribution in [1.29, 1.82) is 0 Å². The predicted octanol–water partition coefficient (Wildman–Crippen LogP) is 4.66. The van der Waals surface area contributed by atoms with Crippen LogP contribution in [0.1, 0.15) is 29.7 Å². The van der Waals surface area contributed by atoms with Gasteiger partial charge in [0.15, 0.2) is 0 Å². The van der Waals surface area contributed by atoms with Crippen LogP contribution in [0.2, 0.25) is 0 Å². The van der Waals surface area contributed by atoms with Crippen LogP contribution in [0.3, 0.4) is 0 Å². The van der Waals surface area contributed by atoms with Crippen LogP contribution in [0.25, 0.3) is 0 Å². The first kappa shape index (κ1) is 16.1. The van der Waals surface area contributed by atoms with E-state index >= 15 is 0 Å². The Bertz CT molecular complexity index is 598. The summed E-state index contributed by atoms with van der Waals surface area (Å²) in [6, 6.07) is 15.1. The van der Waals surface area contributed by atoms with Crippen molar-refractivity contribution in [3.63, 3.8) is 0 Å². The summed E-state index contributed by atoms with van der Waals surface area (Å²) in [6.07, 6.45) is 0.912. The molecule has 1 unspecified atom stereocenters. The molecule has 0 aromatic heterocycles. The SMILES string of the molecule is CCNC(Cc1cc(C)ccc1OC)c1cccc(Br)c1. The van der Waals surface area contributed by atoms with Gasteiger partial charge in [-0.2, -0.15) is 0 Å². The highest BCUT2D eigenvalue weighted by Gasteiger charge is 2.14. The summed E-state index contributed by atoms with van der Waals surface area (Å²) in [4.78, 5) is 0. The highest BCUT2D eigenvalue weighted by atomic mass is 79.9. The molecule has 0 aliphatic heterocycles. The van der Waals surface area contributed by atoms with Gasteiger partial charge in [-0.05, 0) is 49.2 Å². The Morgan fingerprint density at radius 3 is 2.67 bits per heavy atom. The predicted molar refractivity (Wildman–Crippen MR) is 92.0 cm³/mol. The fourth-order valence-electron chi connectivity index (χ4n) is 2.56. The van der Waals surface area contributed by atoms with Crippen molar-refractivity contribution in [1.82, 2.24) is 5.32 Å². The Morgan fingerprint density at radius 2 is 2.00 bits per heavy atom. The van der Waals surface area contributed by atoms with Gasteiger partial charge in [0.05, 0.1) is 7.11 Å². The summed E-state index contributed by atoms with van der Waals surface area (Å²) in [5, 5.41) is 3.57. The van der Waals surface area contributed by atoms with Crippen molar-refractivity contribution in [3.8, 4) is 5.75 Å². The molecule has 0 saturated heterocycles. The van der Waals surface area contributed by atoms with E-state index in [4.69, 9.17) is 4.74 Å². The average Bonchev–Trinajstić information content (AvgIpc) is 2.47. The molecule has 0 saturated carbocycles. The molecule has 2 aromatic carbocycles. The average molecular weight is 348 g/mol. The number of nitrogens with one attached hydrogen (secondary N) is 1. The lowest BCUT2D eigenvalue weighted by atomic mass is 9.97. The van der Waals surface area contributed by atoms with Gasteiger partial charge in [0.25, 0.3) is 0 Å². The van der Waals surface area contributed by atoms with Gasteiger partial charge in [-0.1, -0.05) is 52.7 Å². The molecule has 1 atom stereocenters. The summed E-state index contributed by atoms with van der Waals surface area (Å²) in [5.74, 6) is 0.957.